The zero-order valence-electron chi connectivity index (χ0n) is 20.9. The molecule has 2 aliphatic heterocycles. The molecule has 2 aromatic rings. The second kappa shape index (κ2) is 12.2. The third-order valence-corrected chi connectivity index (χ3v) is 9.22. The van der Waals surface area contributed by atoms with Crippen molar-refractivity contribution in [2.45, 2.75) is 69.9 Å². The summed E-state index contributed by atoms with van der Waals surface area (Å²) in [5, 5.41) is 3.00. The van der Waals surface area contributed by atoms with E-state index >= 15 is 0 Å². The predicted octanol–water partition coefficient (Wildman–Crippen LogP) is 4.34. The summed E-state index contributed by atoms with van der Waals surface area (Å²) >= 11 is 0. The normalized spacial score (nSPS) is 18.4. The molecule has 4 rings (SSSR count). The summed E-state index contributed by atoms with van der Waals surface area (Å²) in [6, 6.07) is 15.5. The van der Waals surface area contributed by atoms with Gasteiger partial charge in [-0.1, -0.05) is 49.7 Å². The number of aryl methyl sites for hydroxylation is 1. The van der Waals surface area contributed by atoms with Crippen molar-refractivity contribution in [2.24, 2.45) is 5.92 Å². The molecule has 0 aromatic heterocycles. The molecule has 190 valence electrons. The molecular formula is C28H39N3O3S. The van der Waals surface area contributed by atoms with E-state index in [1.165, 1.54) is 31.5 Å². The van der Waals surface area contributed by atoms with Crippen LogP contribution < -0.4 is 5.32 Å². The third kappa shape index (κ3) is 7.38. The number of rotatable bonds is 9. The fourth-order valence-electron chi connectivity index (χ4n) is 4.87. The zero-order chi connectivity index (χ0) is 24.7. The van der Waals surface area contributed by atoms with Crippen LogP contribution in [0.4, 0.5) is 0 Å². The van der Waals surface area contributed by atoms with Gasteiger partial charge in [-0.25, -0.2) is 8.42 Å². The number of likely N-dealkylation sites (tertiary alicyclic amines) is 1. The van der Waals surface area contributed by atoms with Gasteiger partial charge in [0.2, 0.25) is 15.9 Å². The molecule has 6 nitrogen and oxygen atoms in total. The fourth-order valence-corrected chi connectivity index (χ4v) is 6.39. The number of amides is 1. The number of nitrogens with one attached hydrogen (secondary N) is 1. The molecule has 2 aromatic carbocycles. The molecule has 1 N–H and O–H groups in total. The Balaban J connectivity index is 1.19. The molecule has 0 radical (unpaired) electrons. The van der Waals surface area contributed by atoms with Gasteiger partial charge in [-0.05, 0) is 79.9 Å². The van der Waals surface area contributed by atoms with E-state index in [2.05, 4.69) is 41.4 Å². The lowest BCUT2D eigenvalue weighted by Crippen LogP contribution is -2.35. The number of benzene rings is 2. The molecular weight excluding hydrogens is 458 g/mol. The molecule has 2 aliphatic rings. The van der Waals surface area contributed by atoms with Crippen LogP contribution in [-0.4, -0.2) is 49.7 Å². The van der Waals surface area contributed by atoms with Crippen LogP contribution in [0.3, 0.4) is 0 Å². The van der Waals surface area contributed by atoms with Crippen molar-refractivity contribution in [3.63, 3.8) is 0 Å². The third-order valence-electron chi connectivity index (χ3n) is 7.31. The van der Waals surface area contributed by atoms with Gasteiger partial charge in [0.1, 0.15) is 0 Å². The number of carbonyl (C=O) groups excluding carboxylic acids is 1. The van der Waals surface area contributed by atoms with E-state index in [4.69, 9.17) is 0 Å². The van der Waals surface area contributed by atoms with E-state index < -0.39 is 10.0 Å². The van der Waals surface area contributed by atoms with Crippen LogP contribution >= 0.6 is 0 Å². The number of hydrogen-bond acceptors (Lipinski definition) is 4. The molecule has 2 saturated heterocycles. The summed E-state index contributed by atoms with van der Waals surface area (Å²) in [6.07, 6.45) is 6.48. The first kappa shape index (κ1) is 25.9. The Hall–Kier alpha value is -2.22. The first-order valence-electron chi connectivity index (χ1n) is 13.1. The predicted molar refractivity (Wildman–Crippen MR) is 139 cm³/mol. The van der Waals surface area contributed by atoms with Crippen LogP contribution in [0.5, 0.6) is 0 Å². The van der Waals surface area contributed by atoms with Crippen LogP contribution in [0.25, 0.3) is 0 Å². The quantitative estimate of drug-likeness (QED) is 0.560. The van der Waals surface area contributed by atoms with E-state index in [9.17, 15) is 13.2 Å². The van der Waals surface area contributed by atoms with Gasteiger partial charge in [-0.2, -0.15) is 4.31 Å². The first-order chi connectivity index (χ1) is 16.9. The van der Waals surface area contributed by atoms with Gasteiger partial charge in [-0.3, -0.25) is 9.69 Å². The summed E-state index contributed by atoms with van der Waals surface area (Å²) < 4.78 is 27.1. The maximum atomic E-state index is 12.8. The highest BCUT2D eigenvalue weighted by atomic mass is 32.2. The fraction of sp³-hybridized carbons (Fsp3) is 0.536. The van der Waals surface area contributed by atoms with Crippen molar-refractivity contribution < 1.29 is 13.2 Å². The van der Waals surface area contributed by atoms with Gasteiger partial charge in [0.05, 0.1) is 4.90 Å². The van der Waals surface area contributed by atoms with Gasteiger partial charge in [0.25, 0.3) is 0 Å². The summed E-state index contributed by atoms with van der Waals surface area (Å²) in [7, 11) is -3.41. The largest absolute Gasteiger partial charge is 0.352 e. The summed E-state index contributed by atoms with van der Waals surface area (Å²) in [6.45, 7) is 7.41. The Labute approximate surface area is 210 Å². The number of carbonyl (C=O) groups is 1. The average Bonchev–Trinajstić information content (AvgIpc) is 2.89. The molecule has 35 heavy (non-hydrogen) atoms. The van der Waals surface area contributed by atoms with Crippen LogP contribution in [0.15, 0.2) is 53.4 Å². The maximum absolute atomic E-state index is 12.8. The van der Waals surface area contributed by atoms with Crippen molar-refractivity contribution in [1.82, 2.24) is 14.5 Å². The minimum Gasteiger partial charge on any atom is -0.352 e. The van der Waals surface area contributed by atoms with E-state index in [0.717, 1.165) is 42.9 Å². The topological polar surface area (TPSA) is 69.7 Å². The lowest BCUT2D eigenvalue weighted by Gasteiger charge is -2.30. The lowest BCUT2D eigenvalue weighted by molar-refractivity contribution is -0.121. The van der Waals surface area contributed by atoms with E-state index in [-0.39, 0.29) is 5.91 Å². The van der Waals surface area contributed by atoms with Crippen LogP contribution in [-0.2, 0) is 34.3 Å². The highest BCUT2D eigenvalue weighted by Gasteiger charge is 2.25. The Morgan fingerprint density at radius 2 is 1.46 bits per heavy atom. The SMILES string of the molecule is CC1CCN(Cc2ccc(CNC(=O)CCc3ccc(S(=O)(=O)N4CCCCC4)cc3)cc2)CC1. The molecule has 2 heterocycles. The van der Waals surface area contributed by atoms with Crippen molar-refractivity contribution in [3.8, 4) is 0 Å². The summed E-state index contributed by atoms with van der Waals surface area (Å²) in [4.78, 5) is 15.2. The Bertz CT molecular complexity index is 1050. The minimum atomic E-state index is -3.41. The molecule has 0 spiro atoms. The second-order valence-corrected chi connectivity index (χ2v) is 12.1. The van der Waals surface area contributed by atoms with E-state index in [1.54, 1.807) is 16.4 Å². The molecule has 0 unspecified atom stereocenters. The Morgan fingerprint density at radius 1 is 0.857 bits per heavy atom. The van der Waals surface area contributed by atoms with Crippen molar-refractivity contribution in [2.75, 3.05) is 26.2 Å². The van der Waals surface area contributed by atoms with Crippen molar-refractivity contribution in [1.29, 1.82) is 0 Å². The van der Waals surface area contributed by atoms with Gasteiger partial charge >= 0.3 is 0 Å². The van der Waals surface area contributed by atoms with Gasteiger partial charge in [-0.15, -0.1) is 0 Å². The Kier molecular flexibility index (Phi) is 8.98. The molecule has 0 aliphatic carbocycles. The van der Waals surface area contributed by atoms with E-state index in [0.29, 0.717) is 37.4 Å². The molecule has 1 amide bonds. The number of hydrogen-bond donors (Lipinski definition) is 1. The molecule has 0 bridgehead atoms. The molecule has 2 fully saturated rings. The molecule has 7 heteroatoms. The number of nitrogens with zero attached hydrogens (tertiary/aromatic N) is 2. The van der Waals surface area contributed by atoms with Crippen LogP contribution in [0.2, 0.25) is 0 Å². The number of sulfonamides is 1. The smallest absolute Gasteiger partial charge is 0.243 e. The monoisotopic (exact) mass is 497 g/mol. The van der Waals surface area contributed by atoms with Gasteiger partial charge < -0.3 is 5.32 Å². The molecule has 0 saturated carbocycles. The highest BCUT2D eigenvalue weighted by Crippen LogP contribution is 2.21. The second-order valence-electron chi connectivity index (χ2n) is 10.2. The zero-order valence-corrected chi connectivity index (χ0v) is 21.7. The average molecular weight is 498 g/mol. The lowest BCUT2D eigenvalue weighted by atomic mass is 9.99. The van der Waals surface area contributed by atoms with Crippen molar-refractivity contribution in [3.05, 3.63) is 65.2 Å². The molecule has 0 atom stereocenters. The maximum Gasteiger partial charge on any atom is 0.243 e. The van der Waals surface area contributed by atoms with Crippen molar-refractivity contribution >= 4 is 15.9 Å². The standard InChI is InChI=1S/C28H39N3O3S/c1-23-15-19-30(20-16-23)22-26-7-5-25(6-8-26)21-29-28(32)14-11-24-9-12-27(13-10-24)35(33,34)31-17-3-2-4-18-31/h5-10,12-13,23H,2-4,11,14-22H2,1H3,(H,29,32). The summed E-state index contributed by atoms with van der Waals surface area (Å²) in [5.41, 5.74) is 3.39. The van der Waals surface area contributed by atoms with Crippen LogP contribution in [0, 0.1) is 5.92 Å². The van der Waals surface area contributed by atoms with Gasteiger partial charge in [0, 0.05) is 32.6 Å². The van der Waals surface area contributed by atoms with Gasteiger partial charge in [0.15, 0.2) is 0 Å². The summed E-state index contributed by atoms with van der Waals surface area (Å²) in [5.74, 6) is 0.846. The first-order valence-corrected chi connectivity index (χ1v) is 14.5. The Morgan fingerprint density at radius 3 is 2.11 bits per heavy atom. The highest BCUT2D eigenvalue weighted by molar-refractivity contribution is 7.89. The van der Waals surface area contributed by atoms with E-state index in [1.807, 2.05) is 12.1 Å². The number of piperidine rings is 2. The van der Waals surface area contributed by atoms with Crippen LogP contribution in [0.1, 0.15) is 62.1 Å². The minimum absolute atomic E-state index is 0.00141.